The SMILES string of the molecule is C/C(=N\Nc1nc(C)cc(C)n1)c1cc(Br)ccc1O. The molecule has 104 valence electrons. The molecule has 5 nitrogen and oxygen atoms in total. The van der Waals surface area contributed by atoms with Gasteiger partial charge >= 0.3 is 0 Å². The van der Waals surface area contributed by atoms with Crippen molar-refractivity contribution in [3.8, 4) is 5.75 Å². The second kappa shape index (κ2) is 6.00. The Balaban J connectivity index is 2.24. The Morgan fingerprint density at radius 2 is 1.85 bits per heavy atom. The first-order valence-corrected chi connectivity index (χ1v) is 6.86. The molecule has 0 amide bonds. The molecule has 1 aromatic heterocycles. The highest BCUT2D eigenvalue weighted by molar-refractivity contribution is 9.10. The van der Waals surface area contributed by atoms with Gasteiger partial charge in [-0.05, 0) is 45.0 Å². The largest absolute Gasteiger partial charge is 0.507 e. The van der Waals surface area contributed by atoms with Crippen LogP contribution in [0.4, 0.5) is 5.95 Å². The second-order valence-electron chi connectivity index (χ2n) is 4.44. The highest BCUT2D eigenvalue weighted by Gasteiger charge is 2.06. The maximum absolute atomic E-state index is 9.83. The summed E-state index contributed by atoms with van der Waals surface area (Å²) >= 11 is 3.37. The third kappa shape index (κ3) is 3.54. The standard InChI is InChI=1S/C14H15BrN4O/c1-8-6-9(2)17-14(16-8)19-18-10(3)12-7-11(15)4-5-13(12)20/h4-7,20H,1-3H3,(H,16,17,19)/b18-10+. The molecule has 2 rings (SSSR count). The summed E-state index contributed by atoms with van der Waals surface area (Å²) < 4.78 is 0.877. The number of halogens is 1. The summed E-state index contributed by atoms with van der Waals surface area (Å²) in [6, 6.07) is 7.08. The number of aromatic nitrogens is 2. The first-order chi connectivity index (χ1) is 9.45. The lowest BCUT2D eigenvalue weighted by atomic mass is 10.1. The maximum Gasteiger partial charge on any atom is 0.243 e. The molecular weight excluding hydrogens is 320 g/mol. The summed E-state index contributed by atoms with van der Waals surface area (Å²) in [7, 11) is 0. The number of rotatable bonds is 3. The fourth-order valence-corrected chi connectivity index (χ4v) is 2.13. The molecule has 0 saturated heterocycles. The van der Waals surface area contributed by atoms with Gasteiger partial charge in [0.2, 0.25) is 5.95 Å². The topological polar surface area (TPSA) is 70.4 Å². The van der Waals surface area contributed by atoms with E-state index < -0.39 is 0 Å². The molecule has 2 aromatic rings. The molecule has 0 radical (unpaired) electrons. The van der Waals surface area contributed by atoms with Crippen LogP contribution in [-0.2, 0) is 0 Å². The Hall–Kier alpha value is -1.95. The van der Waals surface area contributed by atoms with Gasteiger partial charge in [-0.25, -0.2) is 15.4 Å². The second-order valence-corrected chi connectivity index (χ2v) is 5.36. The molecule has 1 heterocycles. The number of hydrazone groups is 1. The molecule has 0 aliphatic carbocycles. The minimum Gasteiger partial charge on any atom is -0.507 e. The van der Waals surface area contributed by atoms with Crippen molar-refractivity contribution in [2.45, 2.75) is 20.8 Å². The zero-order valence-corrected chi connectivity index (χ0v) is 13.1. The third-order valence-electron chi connectivity index (χ3n) is 2.65. The summed E-state index contributed by atoms with van der Waals surface area (Å²) in [5, 5.41) is 14.0. The highest BCUT2D eigenvalue weighted by Crippen LogP contribution is 2.22. The van der Waals surface area contributed by atoms with Crippen molar-refractivity contribution < 1.29 is 5.11 Å². The monoisotopic (exact) mass is 334 g/mol. The van der Waals surface area contributed by atoms with Crippen molar-refractivity contribution in [2.75, 3.05) is 5.43 Å². The molecule has 0 aliphatic heterocycles. The van der Waals surface area contributed by atoms with Crippen LogP contribution in [0.3, 0.4) is 0 Å². The van der Waals surface area contributed by atoms with Crippen LogP contribution in [0.2, 0.25) is 0 Å². The van der Waals surface area contributed by atoms with Crippen LogP contribution in [-0.4, -0.2) is 20.8 Å². The van der Waals surface area contributed by atoms with Crippen molar-refractivity contribution >= 4 is 27.6 Å². The minimum atomic E-state index is 0.178. The molecule has 0 unspecified atom stereocenters. The molecule has 0 aliphatic rings. The summed E-state index contributed by atoms with van der Waals surface area (Å²) in [5.74, 6) is 0.619. The van der Waals surface area contributed by atoms with Crippen LogP contribution in [0, 0.1) is 13.8 Å². The van der Waals surface area contributed by atoms with Crippen LogP contribution < -0.4 is 5.43 Å². The van der Waals surface area contributed by atoms with Crippen LogP contribution in [0.15, 0.2) is 33.8 Å². The van der Waals surface area contributed by atoms with Gasteiger partial charge in [-0.1, -0.05) is 15.9 Å². The van der Waals surface area contributed by atoms with Crippen LogP contribution in [0.25, 0.3) is 0 Å². The summed E-state index contributed by atoms with van der Waals surface area (Å²) in [6.45, 7) is 5.60. The number of nitrogens with zero attached hydrogens (tertiary/aromatic N) is 3. The van der Waals surface area contributed by atoms with E-state index >= 15 is 0 Å². The summed E-state index contributed by atoms with van der Waals surface area (Å²) in [5.41, 5.74) is 5.85. The first-order valence-electron chi connectivity index (χ1n) is 6.07. The number of nitrogens with one attached hydrogen (secondary N) is 1. The van der Waals surface area contributed by atoms with E-state index in [1.54, 1.807) is 25.1 Å². The van der Waals surface area contributed by atoms with E-state index in [0.717, 1.165) is 15.9 Å². The van der Waals surface area contributed by atoms with E-state index in [4.69, 9.17) is 0 Å². The van der Waals surface area contributed by atoms with Gasteiger partial charge < -0.3 is 5.11 Å². The molecule has 20 heavy (non-hydrogen) atoms. The smallest absolute Gasteiger partial charge is 0.243 e. The summed E-state index contributed by atoms with van der Waals surface area (Å²) in [4.78, 5) is 8.48. The third-order valence-corrected chi connectivity index (χ3v) is 3.15. The Morgan fingerprint density at radius 3 is 2.50 bits per heavy atom. The van der Waals surface area contributed by atoms with Crippen molar-refractivity contribution in [2.24, 2.45) is 5.10 Å². The van der Waals surface area contributed by atoms with Gasteiger partial charge in [0.1, 0.15) is 5.75 Å². The molecule has 2 N–H and O–H groups in total. The lowest BCUT2D eigenvalue weighted by Gasteiger charge is -2.06. The van der Waals surface area contributed by atoms with Crippen LogP contribution in [0.5, 0.6) is 5.75 Å². The molecule has 0 bridgehead atoms. The quantitative estimate of drug-likeness (QED) is 0.666. The fraction of sp³-hybridized carbons (Fsp3) is 0.214. The van der Waals surface area contributed by atoms with Crippen molar-refractivity contribution in [3.63, 3.8) is 0 Å². The average molecular weight is 335 g/mol. The van der Waals surface area contributed by atoms with E-state index in [1.165, 1.54) is 0 Å². The van der Waals surface area contributed by atoms with Crippen molar-refractivity contribution in [3.05, 3.63) is 45.7 Å². The van der Waals surface area contributed by atoms with Crippen molar-refractivity contribution in [1.82, 2.24) is 9.97 Å². The van der Waals surface area contributed by atoms with E-state index in [2.05, 4.69) is 36.4 Å². The number of hydrogen-bond donors (Lipinski definition) is 2. The lowest BCUT2D eigenvalue weighted by molar-refractivity contribution is 0.474. The van der Waals surface area contributed by atoms with E-state index in [-0.39, 0.29) is 5.75 Å². The molecule has 6 heteroatoms. The summed E-state index contributed by atoms with van der Waals surface area (Å²) in [6.07, 6.45) is 0. The average Bonchev–Trinajstić information content (AvgIpc) is 2.38. The first kappa shape index (κ1) is 14.5. The Bertz CT molecular complexity index is 650. The lowest BCUT2D eigenvalue weighted by Crippen LogP contribution is -2.04. The van der Waals surface area contributed by atoms with Crippen LogP contribution in [0.1, 0.15) is 23.9 Å². The highest BCUT2D eigenvalue weighted by atomic mass is 79.9. The number of phenolic OH excluding ortho intramolecular Hbond substituents is 1. The zero-order valence-electron chi connectivity index (χ0n) is 11.5. The van der Waals surface area contributed by atoms with E-state index in [9.17, 15) is 5.11 Å². The Kier molecular flexibility index (Phi) is 4.34. The fourth-order valence-electron chi connectivity index (χ4n) is 1.77. The maximum atomic E-state index is 9.83. The van der Waals surface area contributed by atoms with Gasteiger partial charge in [-0.2, -0.15) is 5.10 Å². The number of anilines is 1. The van der Waals surface area contributed by atoms with E-state index in [1.807, 2.05) is 19.9 Å². The van der Waals surface area contributed by atoms with Gasteiger partial charge in [-0.3, -0.25) is 0 Å². The normalized spacial score (nSPS) is 11.5. The predicted molar refractivity (Wildman–Crippen MR) is 83.1 cm³/mol. The number of hydrogen-bond acceptors (Lipinski definition) is 5. The Labute approximate surface area is 125 Å². The molecule has 0 saturated carbocycles. The molecule has 0 atom stereocenters. The Morgan fingerprint density at radius 1 is 1.20 bits per heavy atom. The van der Waals surface area contributed by atoms with Gasteiger partial charge in [0.15, 0.2) is 0 Å². The minimum absolute atomic E-state index is 0.178. The van der Waals surface area contributed by atoms with Crippen molar-refractivity contribution in [1.29, 1.82) is 0 Å². The molecule has 1 aromatic carbocycles. The number of aromatic hydroxyl groups is 1. The van der Waals surface area contributed by atoms with Crippen LogP contribution >= 0.6 is 15.9 Å². The van der Waals surface area contributed by atoms with Gasteiger partial charge in [0.05, 0.1) is 5.71 Å². The number of aryl methyl sites for hydroxylation is 2. The zero-order chi connectivity index (χ0) is 14.7. The number of phenols is 1. The predicted octanol–water partition coefficient (Wildman–Crippen LogP) is 3.40. The number of benzene rings is 1. The van der Waals surface area contributed by atoms with Gasteiger partial charge in [0, 0.05) is 21.4 Å². The molecule has 0 fully saturated rings. The molecule has 0 spiro atoms. The van der Waals surface area contributed by atoms with E-state index in [0.29, 0.717) is 17.2 Å². The van der Waals surface area contributed by atoms with Gasteiger partial charge in [-0.15, -0.1) is 0 Å². The van der Waals surface area contributed by atoms with Gasteiger partial charge in [0.25, 0.3) is 0 Å². The molecular formula is C14H15BrN4O.